The summed E-state index contributed by atoms with van der Waals surface area (Å²) in [5.74, 6) is -0.673. The third-order valence-electron chi connectivity index (χ3n) is 5.23. The molecule has 162 valence electrons. The lowest BCUT2D eigenvalue weighted by Crippen LogP contribution is -2.42. The number of benzene rings is 1. The summed E-state index contributed by atoms with van der Waals surface area (Å²) >= 11 is 1.24. The summed E-state index contributed by atoms with van der Waals surface area (Å²) in [5, 5.41) is 0.417. The van der Waals surface area contributed by atoms with Gasteiger partial charge < -0.3 is 15.4 Å². The molecule has 0 atom stereocenters. The third-order valence-corrected chi connectivity index (χ3v) is 6.47. The van der Waals surface area contributed by atoms with Gasteiger partial charge in [0.25, 0.3) is 5.56 Å². The number of nitrogens with zero attached hydrogens (tertiary/aromatic N) is 3. The molecule has 0 radical (unpaired) electrons. The minimum Gasteiger partial charge on any atom is -0.450 e. The van der Waals surface area contributed by atoms with Crippen LogP contribution < -0.4 is 17.0 Å². The predicted molar refractivity (Wildman–Crippen MR) is 116 cm³/mol. The van der Waals surface area contributed by atoms with E-state index in [0.29, 0.717) is 23.2 Å². The number of thiophene rings is 1. The van der Waals surface area contributed by atoms with Crippen LogP contribution in [0.3, 0.4) is 0 Å². The van der Waals surface area contributed by atoms with Crippen LogP contribution in [0.5, 0.6) is 0 Å². The maximum atomic E-state index is 13.4. The number of fused-ring (bicyclic) bond motifs is 3. The Hall–Kier alpha value is -3.40. The number of amides is 2. The van der Waals surface area contributed by atoms with Crippen molar-refractivity contribution in [1.82, 2.24) is 14.0 Å². The molecule has 1 aromatic carbocycles. The van der Waals surface area contributed by atoms with Crippen molar-refractivity contribution in [3.05, 3.63) is 67.2 Å². The SMILES string of the molecule is CCOC(=O)N1CCc2c(sc3c2c(=O)n(Cc2ccccc2)c(=O)n3CC(N)=O)C1. The number of rotatable bonds is 5. The van der Waals surface area contributed by atoms with Gasteiger partial charge in [0.1, 0.15) is 11.4 Å². The van der Waals surface area contributed by atoms with Crippen molar-refractivity contribution in [2.24, 2.45) is 5.73 Å². The van der Waals surface area contributed by atoms with Crippen molar-refractivity contribution in [3.63, 3.8) is 0 Å². The smallest absolute Gasteiger partial charge is 0.410 e. The Labute approximate surface area is 181 Å². The minimum absolute atomic E-state index is 0.0901. The summed E-state index contributed by atoms with van der Waals surface area (Å²) in [6.07, 6.45) is 0.0466. The molecule has 1 aliphatic heterocycles. The van der Waals surface area contributed by atoms with Crippen molar-refractivity contribution in [3.8, 4) is 0 Å². The van der Waals surface area contributed by atoms with Gasteiger partial charge in [-0.1, -0.05) is 30.3 Å². The van der Waals surface area contributed by atoms with Crippen LogP contribution in [0, 0.1) is 0 Å². The fourth-order valence-corrected chi connectivity index (χ4v) is 5.17. The van der Waals surface area contributed by atoms with Gasteiger partial charge in [-0.25, -0.2) is 9.59 Å². The standard InChI is InChI=1S/C21H22N4O5S/c1-2-30-21(29)23-9-8-14-15(11-23)31-19-17(14)18(27)24(10-13-6-4-3-5-7-13)20(28)25(19)12-16(22)26/h3-7H,2,8-12H2,1H3,(H2,22,26). The highest BCUT2D eigenvalue weighted by atomic mass is 32.1. The van der Waals surface area contributed by atoms with Crippen LogP contribution in [-0.4, -0.2) is 39.2 Å². The fourth-order valence-electron chi connectivity index (χ4n) is 3.83. The molecule has 3 aromatic rings. The molecule has 1 aliphatic rings. The van der Waals surface area contributed by atoms with E-state index in [0.717, 1.165) is 20.6 Å². The molecule has 2 amide bonds. The molecule has 31 heavy (non-hydrogen) atoms. The van der Waals surface area contributed by atoms with E-state index in [1.165, 1.54) is 15.9 Å². The summed E-state index contributed by atoms with van der Waals surface area (Å²) in [7, 11) is 0. The van der Waals surface area contributed by atoms with Crippen LogP contribution >= 0.6 is 11.3 Å². The molecule has 4 rings (SSSR count). The number of carbonyl (C=O) groups excluding carboxylic acids is 2. The van der Waals surface area contributed by atoms with Crippen molar-refractivity contribution in [2.45, 2.75) is 33.0 Å². The molecule has 0 saturated heterocycles. The summed E-state index contributed by atoms with van der Waals surface area (Å²) in [5.41, 5.74) is 6.02. The van der Waals surface area contributed by atoms with Gasteiger partial charge in [-0.3, -0.25) is 18.7 Å². The molecule has 0 bridgehead atoms. The van der Waals surface area contributed by atoms with Gasteiger partial charge in [-0.15, -0.1) is 11.3 Å². The second kappa shape index (κ2) is 8.38. The number of ether oxygens (including phenoxy) is 1. The Balaban J connectivity index is 1.88. The van der Waals surface area contributed by atoms with Gasteiger partial charge >= 0.3 is 11.8 Å². The van der Waals surface area contributed by atoms with E-state index in [2.05, 4.69) is 0 Å². The molecule has 10 heteroatoms. The molecule has 0 unspecified atom stereocenters. The van der Waals surface area contributed by atoms with Crippen LogP contribution in [0.2, 0.25) is 0 Å². The monoisotopic (exact) mass is 442 g/mol. The van der Waals surface area contributed by atoms with Crippen LogP contribution in [0.15, 0.2) is 39.9 Å². The van der Waals surface area contributed by atoms with E-state index >= 15 is 0 Å². The van der Waals surface area contributed by atoms with Gasteiger partial charge in [-0.2, -0.15) is 0 Å². The van der Waals surface area contributed by atoms with Gasteiger partial charge in [-0.05, 0) is 24.5 Å². The van der Waals surface area contributed by atoms with Gasteiger partial charge in [0.2, 0.25) is 5.91 Å². The van der Waals surface area contributed by atoms with Gasteiger partial charge in [0, 0.05) is 11.4 Å². The predicted octanol–water partition coefficient (Wildman–Crippen LogP) is 1.27. The first-order valence-corrected chi connectivity index (χ1v) is 10.7. The molecular weight excluding hydrogens is 420 g/mol. The van der Waals surface area contributed by atoms with Crippen LogP contribution in [0.25, 0.3) is 10.2 Å². The lowest BCUT2D eigenvalue weighted by Gasteiger charge is -2.25. The average Bonchev–Trinajstić information content (AvgIpc) is 3.13. The van der Waals surface area contributed by atoms with Crippen molar-refractivity contribution >= 4 is 33.6 Å². The highest BCUT2D eigenvalue weighted by Crippen LogP contribution is 2.33. The second-order valence-electron chi connectivity index (χ2n) is 7.27. The highest BCUT2D eigenvalue weighted by Gasteiger charge is 2.29. The molecule has 2 N–H and O–H groups in total. The van der Waals surface area contributed by atoms with Crippen molar-refractivity contribution in [2.75, 3.05) is 13.2 Å². The van der Waals surface area contributed by atoms with E-state index in [1.54, 1.807) is 11.8 Å². The summed E-state index contributed by atoms with van der Waals surface area (Å²) in [6, 6.07) is 9.17. The quantitative estimate of drug-likeness (QED) is 0.639. The first-order valence-electron chi connectivity index (χ1n) is 9.92. The number of hydrogen-bond acceptors (Lipinski definition) is 6. The van der Waals surface area contributed by atoms with Gasteiger partial charge in [0.05, 0.1) is 25.1 Å². The molecule has 0 fully saturated rings. The molecule has 0 saturated carbocycles. The summed E-state index contributed by atoms with van der Waals surface area (Å²) in [6.45, 7) is 2.47. The maximum absolute atomic E-state index is 13.4. The van der Waals surface area contributed by atoms with E-state index in [-0.39, 0.29) is 26.2 Å². The lowest BCUT2D eigenvalue weighted by molar-refractivity contribution is -0.118. The lowest BCUT2D eigenvalue weighted by atomic mass is 10.1. The first-order chi connectivity index (χ1) is 14.9. The van der Waals surface area contributed by atoms with Crippen molar-refractivity contribution < 1.29 is 14.3 Å². The molecular formula is C21H22N4O5S. The Morgan fingerprint density at radius 3 is 2.58 bits per heavy atom. The number of hydrogen-bond donors (Lipinski definition) is 1. The summed E-state index contributed by atoms with van der Waals surface area (Å²) in [4.78, 5) is 53.1. The first kappa shape index (κ1) is 20.9. The number of aromatic nitrogens is 2. The Morgan fingerprint density at radius 1 is 1.16 bits per heavy atom. The number of carbonyl (C=O) groups is 2. The maximum Gasteiger partial charge on any atom is 0.410 e. The van der Waals surface area contributed by atoms with E-state index in [4.69, 9.17) is 10.5 Å². The number of nitrogens with two attached hydrogens (primary N) is 1. The zero-order valence-electron chi connectivity index (χ0n) is 17.0. The van der Waals surface area contributed by atoms with Crippen LogP contribution in [0.1, 0.15) is 22.9 Å². The Bertz CT molecular complexity index is 1270. The minimum atomic E-state index is -0.673. The summed E-state index contributed by atoms with van der Waals surface area (Å²) < 4.78 is 7.49. The third kappa shape index (κ3) is 3.86. The van der Waals surface area contributed by atoms with E-state index < -0.39 is 23.2 Å². The van der Waals surface area contributed by atoms with Crippen LogP contribution in [0.4, 0.5) is 4.79 Å². The molecule has 3 heterocycles. The zero-order valence-corrected chi connectivity index (χ0v) is 17.8. The van der Waals surface area contributed by atoms with Crippen molar-refractivity contribution in [1.29, 1.82) is 0 Å². The molecule has 0 spiro atoms. The Kier molecular flexibility index (Phi) is 5.64. The Morgan fingerprint density at radius 2 is 1.90 bits per heavy atom. The second-order valence-corrected chi connectivity index (χ2v) is 8.35. The highest BCUT2D eigenvalue weighted by molar-refractivity contribution is 7.18. The fraction of sp³-hybridized carbons (Fsp3) is 0.333. The van der Waals surface area contributed by atoms with Gasteiger partial charge in [0.15, 0.2) is 0 Å². The number of primary amides is 1. The molecule has 9 nitrogen and oxygen atoms in total. The van der Waals surface area contributed by atoms with E-state index in [9.17, 15) is 19.2 Å². The van der Waals surface area contributed by atoms with Crippen LogP contribution in [-0.2, 0) is 35.6 Å². The largest absolute Gasteiger partial charge is 0.450 e. The topological polar surface area (TPSA) is 117 Å². The normalized spacial score (nSPS) is 13.3. The zero-order chi connectivity index (χ0) is 22.1. The van der Waals surface area contributed by atoms with E-state index in [1.807, 2.05) is 30.3 Å². The molecule has 2 aromatic heterocycles. The molecule has 0 aliphatic carbocycles. The average molecular weight is 442 g/mol.